The fourth-order valence-electron chi connectivity index (χ4n) is 1.93. The van der Waals surface area contributed by atoms with Gasteiger partial charge in [0.05, 0.1) is 12.5 Å². The van der Waals surface area contributed by atoms with Crippen molar-refractivity contribution in [2.24, 2.45) is 0 Å². The highest BCUT2D eigenvalue weighted by molar-refractivity contribution is 7.16. The first kappa shape index (κ1) is 14.9. The van der Waals surface area contributed by atoms with Gasteiger partial charge in [0, 0.05) is 30.1 Å². The second-order valence-electron chi connectivity index (χ2n) is 4.53. The summed E-state index contributed by atoms with van der Waals surface area (Å²) in [5, 5.41) is 12.3. The molecule has 0 saturated carbocycles. The number of aromatic carboxylic acids is 1. The minimum atomic E-state index is -1.17. The highest BCUT2D eigenvalue weighted by atomic mass is 32.1. The zero-order valence-corrected chi connectivity index (χ0v) is 12.5. The second-order valence-corrected chi connectivity index (χ2v) is 5.56. The van der Waals surface area contributed by atoms with Gasteiger partial charge in [-0.2, -0.15) is 0 Å². The molecule has 0 aliphatic rings. The molecule has 3 heterocycles. The molecular weight excluding hydrogens is 318 g/mol. The summed E-state index contributed by atoms with van der Waals surface area (Å²) < 4.78 is 4.86. The first-order valence-electron chi connectivity index (χ1n) is 6.59. The lowest BCUT2D eigenvalue weighted by atomic mass is 10.2. The quantitative estimate of drug-likeness (QED) is 0.745. The molecular formula is C15H11N3O4S. The van der Waals surface area contributed by atoms with Crippen molar-refractivity contribution < 1.29 is 19.1 Å². The Morgan fingerprint density at radius 2 is 2.17 bits per heavy atom. The normalized spacial score (nSPS) is 10.4. The summed E-state index contributed by atoms with van der Waals surface area (Å²) in [6.07, 6.45) is 6.09. The van der Waals surface area contributed by atoms with Crippen LogP contribution in [0.15, 0.2) is 47.5 Å². The van der Waals surface area contributed by atoms with Gasteiger partial charge in [0.2, 0.25) is 5.76 Å². The third-order valence-electron chi connectivity index (χ3n) is 3.02. The lowest BCUT2D eigenvalue weighted by Gasteiger charge is -2.01. The number of carbonyl (C=O) groups excluding carboxylic acids is 1. The summed E-state index contributed by atoms with van der Waals surface area (Å²) in [5.41, 5.74) is 1.24. The molecule has 8 heteroatoms. The summed E-state index contributed by atoms with van der Waals surface area (Å²) in [6.45, 7) is 0.0666. The molecule has 0 spiro atoms. The predicted molar refractivity (Wildman–Crippen MR) is 82.2 cm³/mol. The summed E-state index contributed by atoms with van der Waals surface area (Å²) >= 11 is 1.24. The number of carbonyl (C=O) groups is 2. The number of aromatic nitrogens is 2. The number of hydrogen-bond donors (Lipinski definition) is 2. The maximum Gasteiger partial charge on any atom is 0.372 e. The lowest BCUT2D eigenvalue weighted by Crippen LogP contribution is -2.22. The second kappa shape index (κ2) is 6.41. The molecule has 0 atom stereocenters. The first-order valence-corrected chi connectivity index (χ1v) is 7.41. The number of hydrogen-bond acceptors (Lipinski definition) is 6. The van der Waals surface area contributed by atoms with Gasteiger partial charge >= 0.3 is 5.97 Å². The maximum atomic E-state index is 12.1. The number of carboxylic acids is 1. The standard InChI is InChI=1S/C15H11N3O4S/c19-13(17-7-9-3-5-22-12(9)15(20)21)11-8-18-14(23-11)10-2-1-4-16-6-10/h1-6,8H,7H2,(H,17,19)(H,20,21). The first-order chi connectivity index (χ1) is 11.1. The average Bonchev–Trinajstić information content (AvgIpc) is 3.22. The molecule has 23 heavy (non-hydrogen) atoms. The minimum absolute atomic E-state index is 0.0666. The van der Waals surface area contributed by atoms with Crippen LogP contribution in [0.25, 0.3) is 10.6 Å². The third-order valence-corrected chi connectivity index (χ3v) is 4.06. The topological polar surface area (TPSA) is 105 Å². The molecule has 3 aromatic rings. The smallest absolute Gasteiger partial charge is 0.372 e. The molecule has 1 amide bonds. The van der Waals surface area contributed by atoms with Gasteiger partial charge < -0.3 is 14.8 Å². The van der Waals surface area contributed by atoms with E-state index < -0.39 is 5.97 Å². The van der Waals surface area contributed by atoms with E-state index in [9.17, 15) is 9.59 Å². The van der Waals surface area contributed by atoms with Crippen molar-refractivity contribution >= 4 is 23.2 Å². The van der Waals surface area contributed by atoms with Gasteiger partial charge in [-0.3, -0.25) is 9.78 Å². The zero-order chi connectivity index (χ0) is 16.2. The summed E-state index contributed by atoms with van der Waals surface area (Å²) in [4.78, 5) is 31.7. The Balaban J connectivity index is 1.68. The Morgan fingerprint density at radius 3 is 2.91 bits per heavy atom. The van der Waals surface area contributed by atoms with Crippen molar-refractivity contribution in [3.8, 4) is 10.6 Å². The SMILES string of the molecule is O=C(NCc1ccoc1C(=O)O)c1cnc(-c2cccnc2)s1. The Hall–Kier alpha value is -3.00. The Labute approximate surface area is 134 Å². The zero-order valence-electron chi connectivity index (χ0n) is 11.7. The Kier molecular flexibility index (Phi) is 4.15. The fourth-order valence-corrected chi connectivity index (χ4v) is 2.75. The third kappa shape index (κ3) is 3.27. The molecule has 0 aliphatic heterocycles. The van der Waals surface area contributed by atoms with Crippen LogP contribution in [0.2, 0.25) is 0 Å². The summed E-state index contributed by atoms with van der Waals surface area (Å²) in [5.74, 6) is -1.67. The van der Waals surface area contributed by atoms with E-state index in [4.69, 9.17) is 9.52 Å². The van der Waals surface area contributed by atoms with Crippen LogP contribution in [-0.2, 0) is 6.54 Å². The highest BCUT2D eigenvalue weighted by Gasteiger charge is 2.16. The van der Waals surface area contributed by atoms with Gasteiger partial charge in [0.1, 0.15) is 9.88 Å². The van der Waals surface area contributed by atoms with Crippen LogP contribution in [0.3, 0.4) is 0 Å². The van der Waals surface area contributed by atoms with E-state index in [1.807, 2.05) is 6.07 Å². The van der Waals surface area contributed by atoms with Crippen LogP contribution in [0.4, 0.5) is 0 Å². The average molecular weight is 329 g/mol. The monoisotopic (exact) mass is 329 g/mol. The molecule has 0 fully saturated rings. The van der Waals surface area contributed by atoms with Gasteiger partial charge in [-0.15, -0.1) is 11.3 Å². The maximum absolute atomic E-state index is 12.1. The molecule has 7 nitrogen and oxygen atoms in total. The molecule has 3 aromatic heterocycles. The van der Waals surface area contributed by atoms with Crippen molar-refractivity contribution in [3.05, 3.63) is 59.3 Å². The number of thiazole rings is 1. The van der Waals surface area contributed by atoms with Crippen LogP contribution in [0.1, 0.15) is 25.8 Å². The van der Waals surface area contributed by atoms with Crippen molar-refractivity contribution in [2.75, 3.05) is 0 Å². The number of nitrogens with one attached hydrogen (secondary N) is 1. The molecule has 0 saturated heterocycles. The van der Waals surface area contributed by atoms with Gasteiger partial charge in [-0.25, -0.2) is 9.78 Å². The van der Waals surface area contributed by atoms with Gasteiger partial charge in [0.25, 0.3) is 5.91 Å². The van der Waals surface area contributed by atoms with Crippen LogP contribution >= 0.6 is 11.3 Å². The largest absolute Gasteiger partial charge is 0.475 e. The number of carboxylic acid groups (broad SMARTS) is 1. The number of rotatable bonds is 5. The van der Waals surface area contributed by atoms with Crippen molar-refractivity contribution in [1.82, 2.24) is 15.3 Å². The predicted octanol–water partition coefficient (Wildman–Crippen LogP) is 2.43. The molecule has 0 aromatic carbocycles. The van der Waals surface area contributed by atoms with Gasteiger partial charge in [-0.1, -0.05) is 0 Å². The van der Waals surface area contributed by atoms with Crippen molar-refractivity contribution in [2.45, 2.75) is 6.54 Å². The molecule has 0 radical (unpaired) electrons. The van der Waals surface area contributed by atoms with Crippen LogP contribution in [0.5, 0.6) is 0 Å². The lowest BCUT2D eigenvalue weighted by molar-refractivity contribution is 0.0659. The minimum Gasteiger partial charge on any atom is -0.475 e. The highest BCUT2D eigenvalue weighted by Crippen LogP contribution is 2.24. The molecule has 3 rings (SSSR count). The van der Waals surface area contributed by atoms with E-state index >= 15 is 0 Å². The van der Waals surface area contributed by atoms with Crippen LogP contribution < -0.4 is 5.32 Å². The van der Waals surface area contributed by atoms with E-state index in [1.165, 1.54) is 29.9 Å². The van der Waals surface area contributed by atoms with Crippen molar-refractivity contribution in [1.29, 1.82) is 0 Å². The number of amides is 1. The molecule has 0 unspecified atom stereocenters. The molecule has 0 aliphatic carbocycles. The number of furan rings is 1. The van der Waals surface area contributed by atoms with Crippen LogP contribution in [0, 0.1) is 0 Å². The van der Waals surface area contributed by atoms with Crippen LogP contribution in [-0.4, -0.2) is 27.0 Å². The van der Waals surface area contributed by atoms with E-state index in [-0.39, 0.29) is 18.2 Å². The Bertz CT molecular complexity index is 841. The molecule has 116 valence electrons. The van der Waals surface area contributed by atoms with Crippen molar-refractivity contribution in [3.63, 3.8) is 0 Å². The summed E-state index contributed by atoms with van der Waals surface area (Å²) in [6, 6.07) is 5.17. The van der Waals surface area contributed by atoms with E-state index in [1.54, 1.807) is 18.5 Å². The molecule has 2 N–H and O–H groups in total. The number of pyridine rings is 1. The Morgan fingerprint density at radius 1 is 1.30 bits per heavy atom. The van der Waals surface area contributed by atoms with Gasteiger partial charge in [0.15, 0.2) is 0 Å². The van der Waals surface area contributed by atoms with E-state index in [0.29, 0.717) is 15.4 Å². The number of nitrogens with zero attached hydrogens (tertiary/aromatic N) is 2. The van der Waals surface area contributed by atoms with Gasteiger partial charge in [-0.05, 0) is 18.2 Å². The summed E-state index contributed by atoms with van der Waals surface area (Å²) in [7, 11) is 0. The fraction of sp³-hybridized carbons (Fsp3) is 0.0667. The van der Waals surface area contributed by atoms with E-state index in [2.05, 4.69) is 15.3 Å². The molecule has 0 bridgehead atoms. The van der Waals surface area contributed by atoms with E-state index in [0.717, 1.165) is 5.56 Å².